The van der Waals surface area contributed by atoms with Crippen molar-refractivity contribution in [2.24, 2.45) is 4.99 Å². The summed E-state index contributed by atoms with van der Waals surface area (Å²) in [4.78, 5) is 22.7. The second-order valence-electron chi connectivity index (χ2n) is 8.17. The lowest BCUT2D eigenvalue weighted by atomic mass is 9.97. The highest BCUT2D eigenvalue weighted by Crippen LogP contribution is 2.22. The molecule has 1 amide bonds. The van der Waals surface area contributed by atoms with Gasteiger partial charge in [-0.3, -0.25) is 19.7 Å². The third kappa shape index (κ3) is 9.33. The lowest BCUT2D eigenvalue weighted by Crippen LogP contribution is -2.32. The van der Waals surface area contributed by atoms with E-state index in [0.29, 0.717) is 19.6 Å². The van der Waals surface area contributed by atoms with Gasteiger partial charge in [0.1, 0.15) is 0 Å². The highest BCUT2D eigenvalue weighted by molar-refractivity contribution is 5.72. The van der Waals surface area contributed by atoms with E-state index in [1.54, 1.807) is 13.8 Å². The fourth-order valence-corrected chi connectivity index (χ4v) is 2.92. The molecule has 29 heavy (non-hydrogen) atoms. The minimum absolute atomic E-state index is 0.0152. The van der Waals surface area contributed by atoms with Crippen LogP contribution in [0.4, 0.5) is 0 Å². The van der Waals surface area contributed by atoms with Crippen LogP contribution in [0.3, 0.4) is 0 Å². The van der Waals surface area contributed by atoms with E-state index in [4.69, 9.17) is 0 Å². The minimum atomic E-state index is -0.930. The van der Waals surface area contributed by atoms with Gasteiger partial charge < -0.3 is 10.4 Å². The van der Waals surface area contributed by atoms with Gasteiger partial charge in [-0.1, -0.05) is 13.0 Å². The Kier molecular flexibility index (Phi) is 10.2. The molecular weight excluding hydrogens is 364 g/mol. The van der Waals surface area contributed by atoms with E-state index >= 15 is 0 Å². The standard InChI is InChI=1S/C23H38N4O2/c1-8-10-25-22(19(4)23(6,7)29)16-27(12-9-11-24-20(5)28)15-21-18(3)13-17(2)14-26-21/h10,13-14,29H,8-9,11-12,15-16H2,1-7H3,(H,24,28)/b22-19+,25-10?. The third-order valence-electron chi connectivity index (χ3n) is 4.88. The van der Waals surface area contributed by atoms with E-state index in [9.17, 15) is 9.90 Å². The lowest BCUT2D eigenvalue weighted by molar-refractivity contribution is -0.118. The van der Waals surface area contributed by atoms with E-state index in [-0.39, 0.29) is 5.91 Å². The summed E-state index contributed by atoms with van der Waals surface area (Å²) < 4.78 is 0. The molecule has 0 fully saturated rings. The van der Waals surface area contributed by atoms with Gasteiger partial charge in [-0.25, -0.2) is 0 Å². The van der Waals surface area contributed by atoms with Crippen molar-refractivity contribution < 1.29 is 9.90 Å². The number of pyridine rings is 1. The molecule has 0 saturated heterocycles. The zero-order valence-corrected chi connectivity index (χ0v) is 19.2. The van der Waals surface area contributed by atoms with Crippen molar-refractivity contribution in [3.05, 3.63) is 40.4 Å². The molecule has 1 heterocycles. The Hall–Kier alpha value is -2.05. The van der Waals surface area contributed by atoms with E-state index < -0.39 is 5.60 Å². The van der Waals surface area contributed by atoms with Gasteiger partial charge in [-0.2, -0.15) is 0 Å². The summed E-state index contributed by atoms with van der Waals surface area (Å²) in [6.07, 6.45) is 5.45. The van der Waals surface area contributed by atoms with Crippen LogP contribution in [0.2, 0.25) is 0 Å². The first-order chi connectivity index (χ1) is 13.5. The summed E-state index contributed by atoms with van der Waals surface area (Å²) in [5.41, 5.74) is 4.16. The Morgan fingerprint density at radius 1 is 1.34 bits per heavy atom. The molecule has 1 rings (SSSR count). The predicted molar refractivity (Wildman–Crippen MR) is 120 cm³/mol. The molecule has 1 aromatic heterocycles. The molecule has 0 bridgehead atoms. The summed E-state index contributed by atoms with van der Waals surface area (Å²) >= 11 is 0. The SMILES string of the molecule is CCC=N/C(CN(CCCNC(C)=O)Cc1ncc(C)cc1C)=C(\C)C(C)(C)O. The van der Waals surface area contributed by atoms with E-state index in [1.165, 1.54) is 12.5 Å². The fraction of sp³-hybridized carbons (Fsp3) is 0.609. The van der Waals surface area contributed by atoms with Gasteiger partial charge in [0.05, 0.1) is 17.0 Å². The van der Waals surface area contributed by atoms with Crippen molar-refractivity contribution in [1.29, 1.82) is 0 Å². The molecule has 6 nitrogen and oxygen atoms in total. The first kappa shape index (κ1) is 25.0. The number of aryl methyl sites for hydroxylation is 2. The highest BCUT2D eigenvalue weighted by atomic mass is 16.3. The number of carbonyl (C=O) groups is 1. The predicted octanol–water partition coefficient (Wildman–Crippen LogP) is 3.55. The highest BCUT2D eigenvalue weighted by Gasteiger charge is 2.21. The molecule has 0 aliphatic carbocycles. The van der Waals surface area contributed by atoms with Gasteiger partial charge in [0, 0.05) is 45.5 Å². The van der Waals surface area contributed by atoms with Crippen molar-refractivity contribution in [3.8, 4) is 0 Å². The molecule has 0 radical (unpaired) electrons. The molecule has 1 aromatic rings. The first-order valence-corrected chi connectivity index (χ1v) is 10.4. The number of carbonyl (C=O) groups excluding carboxylic acids is 1. The molecule has 6 heteroatoms. The number of nitrogens with one attached hydrogen (secondary N) is 1. The summed E-state index contributed by atoms with van der Waals surface area (Å²) in [5, 5.41) is 13.4. The molecular formula is C23H38N4O2. The van der Waals surface area contributed by atoms with Crippen LogP contribution in [-0.2, 0) is 11.3 Å². The van der Waals surface area contributed by atoms with Gasteiger partial charge >= 0.3 is 0 Å². The lowest BCUT2D eigenvalue weighted by Gasteiger charge is -2.27. The van der Waals surface area contributed by atoms with E-state index in [1.807, 2.05) is 33.2 Å². The van der Waals surface area contributed by atoms with Crippen LogP contribution in [-0.4, -0.2) is 52.3 Å². The van der Waals surface area contributed by atoms with Crippen molar-refractivity contribution in [1.82, 2.24) is 15.2 Å². The number of amides is 1. The molecule has 0 spiro atoms. The number of rotatable bonds is 11. The summed E-state index contributed by atoms with van der Waals surface area (Å²) in [5.74, 6) is -0.0152. The van der Waals surface area contributed by atoms with Crippen LogP contribution in [0, 0.1) is 13.8 Å². The molecule has 0 saturated carbocycles. The zero-order chi connectivity index (χ0) is 22.0. The van der Waals surface area contributed by atoms with Crippen molar-refractivity contribution in [2.75, 3.05) is 19.6 Å². The number of aliphatic hydroxyl groups is 1. The zero-order valence-electron chi connectivity index (χ0n) is 19.2. The van der Waals surface area contributed by atoms with Gasteiger partial charge in [0.15, 0.2) is 0 Å². The van der Waals surface area contributed by atoms with Crippen LogP contribution >= 0.6 is 0 Å². The quantitative estimate of drug-likeness (QED) is 0.438. The van der Waals surface area contributed by atoms with E-state index in [0.717, 1.165) is 41.9 Å². The number of hydrogen-bond donors (Lipinski definition) is 2. The summed E-state index contributed by atoms with van der Waals surface area (Å²) in [6, 6.07) is 2.14. The van der Waals surface area contributed by atoms with Crippen LogP contribution in [0.15, 0.2) is 28.5 Å². The van der Waals surface area contributed by atoms with Crippen LogP contribution in [0.25, 0.3) is 0 Å². The average molecular weight is 403 g/mol. The largest absolute Gasteiger partial charge is 0.386 e. The average Bonchev–Trinajstić information content (AvgIpc) is 2.62. The van der Waals surface area contributed by atoms with Gasteiger partial charge in [-0.05, 0) is 64.2 Å². The summed E-state index contributed by atoms with van der Waals surface area (Å²) in [6.45, 7) is 15.9. The second-order valence-corrected chi connectivity index (χ2v) is 8.17. The fourth-order valence-electron chi connectivity index (χ4n) is 2.92. The number of aliphatic imine (C=N–C) groups is 1. The Morgan fingerprint density at radius 2 is 2.03 bits per heavy atom. The molecule has 0 aliphatic rings. The molecule has 0 aromatic carbocycles. The Morgan fingerprint density at radius 3 is 2.59 bits per heavy atom. The van der Waals surface area contributed by atoms with Crippen molar-refractivity contribution >= 4 is 12.1 Å². The topological polar surface area (TPSA) is 77.8 Å². The number of hydrogen-bond acceptors (Lipinski definition) is 5. The van der Waals surface area contributed by atoms with Crippen molar-refractivity contribution in [3.63, 3.8) is 0 Å². The second kappa shape index (κ2) is 11.8. The monoisotopic (exact) mass is 402 g/mol. The normalized spacial score (nSPS) is 13.1. The molecule has 0 unspecified atom stereocenters. The Bertz CT molecular complexity index is 733. The first-order valence-electron chi connectivity index (χ1n) is 10.4. The van der Waals surface area contributed by atoms with Crippen LogP contribution in [0.5, 0.6) is 0 Å². The Labute approximate surface area is 176 Å². The number of aromatic nitrogens is 1. The molecule has 2 N–H and O–H groups in total. The molecule has 0 atom stereocenters. The van der Waals surface area contributed by atoms with Crippen LogP contribution in [0.1, 0.15) is 64.3 Å². The van der Waals surface area contributed by atoms with Crippen LogP contribution < -0.4 is 5.32 Å². The van der Waals surface area contributed by atoms with Gasteiger partial charge in [0.2, 0.25) is 5.91 Å². The maximum Gasteiger partial charge on any atom is 0.216 e. The minimum Gasteiger partial charge on any atom is -0.386 e. The maximum absolute atomic E-state index is 11.2. The maximum atomic E-state index is 11.2. The molecule has 162 valence electrons. The Balaban J connectivity index is 3.09. The third-order valence-corrected chi connectivity index (χ3v) is 4.88. The smallest absolute Gasteiger partial charge is 0.216 e. The van der Waals surface area contributed by atoms with Crippen molar-refractivity contribution in [2.45, 2.75) is 73.5 Å². The molecule has 0 aliphatic heterocycles. The summed E-state index contributed by atoms with van der Waals surface area (Å²) in [7, 11) is 0. The van der Waals surface area contributed by atoms with E-state index in [2.05, 4.69) is 33.2 Å². The number of nitrogens with zero attached hydrogens (tertiary/aromatic N) is 3. The van der Waals surface area contributed by atoms with Gasteiger partial charge in [0.25, 0.3) is 0 Å². The van der Waals surface area contributed by atoms with Gasteiger partial charge in [-0.15, -0.1) is 0 Å².